The number of imidazole rings is 2. The van der Waals surface area contributed by atoms with E-state index >= 15 is 0 Å². The third kappa shape index (κ3) is 9.46. The second-order valence-electron chi connectivity index (χ2n) is 17.3. The number of nitrogens with zero attached hydrogens (tertiary/aromatic N) is 5. The fraction of sp³-hybridized carbons (Fsp3) is 0.382. The first-order valence-corrected chi connectivity index (χ1v) is 22.1. The summed E-state index contributed by atoms with van der Waals surface area (Å²) in [6.07, 6.45) is 19.9. The Bertz CT molecular complexity index is 2420. The number of hydrogen-bond donors (Lipinski definition) is 1. The van der Waals surface area contributed by atoms with Gasteiger partial charge in [0.1, 0.15) is 11.6 Å². The Labute approximate surface area is 366 Å². The van der Waals surface area contributed by atoms with Gasteiger partial charge in [0.25, 0.3) is 0 Å². The van der Waals surface area contributed by atoms with Crippen LogP contribution in [0.1, 0.15) is 121 Å². The van der Waals surface area contributed by atoms with Crippen LogP contribution in [-0.2, 0) is 13.1 Å². The Morgan fingerprint density at radius 3 is 1.39 bits per heavy atom. The van der Waals surface area contributed by atoms with Gasteiger partial charge in [0.05, 0.1) is 0 Å². The number of fused-ring (bicyclic) bond motifs is 4. The average Bonchev–Trinajstić information content (AvgIpc) is 3.82. The van der Waals surface area contributed by atoms with Gasteiger partial charge >= 0.3 is 0 Å². The Balaban J connectivity index is 0.000000178. The molecular weight excluding hydrogens is 745 g/mol. The minimum Gasteiger partial charge on any atom is -0.335 e. The van der Waals surface area contributed by atoms with Gasteiger partial charge < -0.3 is 19.4 Å². The van der Waals surface area contributed by atoms with Crippen LogP contribution in [0.4, 0.5) is 0 Å². The van der Waals surface area contributed by atoms with Crippen LogP contribution in [0.2, 0.25) is 0 Å². The zero-order chi connectivity index (χ0) is 40.1. The number of aryl methyl sites for hydroxylation is 4. The Kier molecular flexibility index (Phi) is 14.4. The van der Waals surface area contributed by atoms with Crippen molar-refractivity contribution in [2.24, 2.45) is 11.8 Å². The molecule has 6 aromatic rings. The molecule has 6 heteroatoms. The SMILES string of the molecule is C.C.Cc1nccn1CCC1=Cc2ccccc2C(C2CCN(C)CC2)c2ccccc21.Cc1nccn1CCC1=Cc2ccccc2C(C2CCNCC2)c2ccccc21. The molecule has 2 aromatic heterocycles. The highest BCUT2D eigenvalue weighted by atomic mass is 15.1. The van der Waals surface area contributed by atoms with Gasteiger partial charge in [0.15, 0.2) is 0 Å². The summed E-state index contributed by atoms with van der Waals surface area (Å²) < 4.78 is 4.51. The monoisotopic (exact) mass is 813 g/mol. The number of piperidine rings is 2. The summed E-state index contributed by atoms with van der Waals surface area (Å²) in [6.45, 7) is 10.8. The highest BCUT2D eigenvalue weighted by Gasteiger charge is 2.33. The Morgan fingerprint density at radius 1 is 0.541 bits per heavy atom. The number of nitrogens with one attached hydrogen (secondary N) is 1. The van der Waals surface area contributed by atoms with Gasteiger partial charge in [0, 0.05) is 49.7 Å². The normalized spacial score (nSPS) is 18.8. The standard InChI is InChI=1S/C27H31N3.C26H29N3.2CH4/c1-20-28-14-18-30(20)17-13-23-19-22-7-3-4-9-25(22)27(21-11-15-29(2)16-12-21)26-10-6-5-8-24(23)26;1-19-28-15-17-29(19)16-12-22-18-21-6-2-3-8-24(21)26(20-10-13-27-14-11-20)25-9-5-4-7-23(22)25;;/h3-10,14,18-19,21,27H,11-13,15-17H2,1-2H3;2-9,15,17-18,20,26-27H,10-14,16H2,1H3;2*1H4. The third-order valence-corrected chi connectivity index (χ3v) is 13.8. The van der Waals surface area contributed by atoms with Crippen molar-refractivity contribution < 1.29 is 0 Å². The summed E-state index contributed by atoms with van der Waals surface area (Å²) in [7, 11) is 2.25. The average molecular weight is 813 g/mol. The summed E-state index contributed by atoms with van der Waals surface area (Å²) in [5, 5.41) is 3.55. The van der Waals surface area contributed by atoms with E-state index in [0.29, 0.717) is 23.7 Å². The molecule has 0 radical (unpaired) electrons. The predicted octanol–water partition coefficient (Wildman–Crippen LogP) is 12.1. The van der Waals surface area contributed by atoms with Crippen LogP contribution >= 0.6 is 0 Å². The molecule has 0 spiro atoms. The number of hydrogen-bond acceptors (Lipinski definition) is 4. The van der Waals surface area contributed by atoms with Crippen molar-refractivity contribution in [1.82, 2.24) is 29.3 Å². The highest BCUT2D eigenvalue weighted by Crippen LogP contribution is 2.47. The molecule has 0 amide bonds. The zero-order valence-electron chi connectivity index (χ0n) is 35.2. The number of aromatic nitrogens is 4. The van der Waals surface area contributed by atoms with Crippen LogP contribution in [0, 0.1) is 25.7 Å². The van der Waals surface area contributed by atoms with Gasteiger partial charge in [-0.1, -0.05) is 124 Å². The predicted molar refractivity (Wildman–Crippen MR) is 258 cm³/mol. The zero-order valence-corrected chi connectivity index (χ0v) is 35.2. The van der Waals surface area contributed by atoms with Gasteiger partial charge in [0.2, 0.25) is 0 Å². The molecule has 0 saturated carbocycles. The maximum atomic E-state index is 4.40. The molecule has 1 N–H and O–H groups in total. The first-order valence-electron chi connectivity index (χ1n) is 22.1. The quantitative estimate of drug-likeness (QED) is 0.166. The lowest BCUT2D eigenvalue weighted by Gasteiger charge is -2.35. The van der Waals surface area contributed by atoms with Crippen molar-refractivity contribution >= 4 is 23.3 Å². The van der Waals surface area contributed by atoms with E-state index in [4.69, 9.17) is 0 Å². The molecule has 2 aliphatic carbocycles. The summed E-state index contributed by atoms with van der Waals surface area (Å²) in [5.41, 5.74) is 14.6. The Hall–Kier alpha value is -5.30. The lowest BCUT2D eigenvalue weighted by molar-refractivity contribution is 0.207. The van der Waals surface area contributed by atoms with Crippen molar-refractivity contribution in [3.05, 3.63) is 178 Å². The fourth-order valence-electron chi connectivity index (χ4n) is 10.6. The second-order valence-corrected chi connectivity index (χ2v) is 17.3. The largest absolute Gasteiger partial charge is 0.335 e. The van der Waals surface area contributed by atoms with Crippen LogP contribution in [0.15, 0.2) is 122 Å². The molecule has 4 heterocycles. The van der Waals surface area contributed by atoms with Gasteiger partial charge in [-0.15, -0.1) is 0 Å². The maximum absolute atomic E-state index is 4.40. The first-order chi connectivity index (χ1) is 29.0. The second kappa shape index (κ2) is 20.0. The minimum absolute atomic E-state index is 0. The van der Waals surface area contributed by atoms with Gasteiger partial charge in [-0.05, 0) is 153 Å². The molecule has 2 aliphatic heterocycles. The van der Waals surface area contributed by atoms with E-state index in [0.717, 1.165) is 50.7 Å². The molecule has 2 fully saturated rings. The topological polar surface area (TPSA) is 50.9 Å². The number of allylic oxidation sites excluding steroid dienone is 2. The minimum atomic E-state index is 0. The molecule has 2 saturated heterocycles. The van der Waals surface area contributed by atoms with Crippen molar-refractivity contribution in [2.75, 3.05) is 33.2 Å². The molecule has 10 rings (SSSR count). The molecule has 2 unspecified atom stereocenters. The molecular formula is C55H68N6. The van der Waals surface area contributed by atoms with E-state index in [-0.39, 0.29) is 14.9 Å². The van der Waals surface area contributed by atoms with E-state index in [9.17, 15) is 0 Å². The van der Waals surface area contributed by atoms with Crippen LogP contribution in [0.25, 0.3) is 23.3 Å². The molecule has 2 atom stereocenters. The van der Waals surface area contributed by atoms with E-state index in [1.54, 1.807) is 0 Å². The first kappa shape index (κ1) is 43.8. The third-order valence-electron chi connectivity index (χ3n) is 13.8. The molecule has 4 aliphatic rings. The van der Waals surface area contributed by atoms with Crippen LogP contribution in [-0.4, -0.2) is 57.2 Å². The van der Waals surface area contributed by atoms with E-state index < -0.39 is 0 Å². The van der Waals surface area contributed by atoms with E-state index in [2.05, 4.69) is 172 Å². The summed E-state index contributed by atoms with van der Waals surface area (Å²) in [6, 6.07) is 36.4. The van der Waals surface area contributed by atoms with Gasteiger partial charge in [-0.3, -0.25) is 0 Å². The van der Waals surface area contributed by atoms with Crippen LogP contribution < -0.4 is 5.32 Å². The highest BCUT2D eigenvalue weighted by molar-refractivity contribution is 5.87. The molecule has 0 bridgehead atoms. The summed E-state index contributed by atoms with van der Waals surface area (Å²) >= 11 is 0. The number of benzene rings is 4. The molecule has 4 aromatic carbocycles. The summed E-state index contributed by atoms with van der Waals surface area (Å²) in [5.74, 6) is 4.53. The summed E-state index contributed by atoms with van der Waals surface area (Å²) in [4.78, 5) is 11.3. The van der Waals surface area contributed by atoms with E-state index in [1.807, 2.05) is 12.4 Å². The van der Waals surface area contributed by atoms with Crippen LogP contribution in [0.3, 0.4) is 0 Å². The molecule has 6 nitrogen and oxygen atoms in total. The maximum Gasteiger partial charge on any atom is 0.105 e. The number of likely N-dealkylation sites (tertiary alicyclic amines) is 1. The lowest BCUT2D eigenvalue weighted by atomic mass is 9.74. The van der Waals surface area contributed by atoms with Gasteiger partial charge in [-0.2, -0.15) is 0 Å². The van der Waals surface area contributed by atoms with Gasteiger partial charge in [-0.25, -0.2) is 9.97 Å². The Morgan fingerprint density at radius 2 is 0.951 bits per heavy atom. The molecule has 318 valence electrons. The fourth-order valence-corrected chi connectivity index (χ4v) is 10.6. The van der Waals surface area contributed by atoms with Crippen molar-refractivity contribution in [3.8, 4) is 0 Å². The van der Waals surface area contributed by atoms with Crippen molar-refractivity contribution in [1.29, 1.82) is 0 Å². The van der Waals surface area contributed by atoms with Crippen molar-refractivity contribution in [2.45, 2.75) is 92.2 Å². The smallest absolute Gasteiger partial charge is 0.105 e. The molecule has 61 heavy (non-hydrogen) atoms. The van der Waals surface area contributed by atoms with Crippen molar-refractivity contribution in [3.63, 3.8) is 0 Å². The lowest BCUT2D eigenvalue weighted by Crippen LogP contribution is -2.33. The van der Waals surface area contributed by atoms with E-state index in [1.165, 1.54) is 94.4 Å². The van der Waals surface area contributed by atoms with Crippen LogP contribution in [0.5, 0.6) is 0 Å². The number of rotatable bonds is 8.